The van der Waals surface area contributed by atoms with Gasteiger partial charge in [-0.15, -0.1) is 0 Å². The number of carbonyl (C=O) groups is 1. The highest BCUT2D eigenvalue weighted by Crippen LogP contribution is 2.44. The highest BCUT2D eigenvalue weighted by atomic mass is 32.2. The van der Waals surface area contributed by atoms with Gasteiger partial charge in [0.1, 0.15) is 0 Å². The molecule has 0 N–H and O–H groups in total. The predicted octanol–water partition coefficient (Wildman–Crippen LogP) is 0.939. The van der Waals surface area contributed by atoms with Crippen molar-refractivity contribution >= 4 is 15.9 Å². The molecule has 0 aliphatic carbocycles. The van der Waals surface area contributed by atoms with Gasteiger partial charge < -0.3 is 9.64 Å². The van der Waals surface area contributed by atoms with Crippen LogP contribution in [0.15, 0.2) is 18.2 Å². The van der Waals surface area contributed by atoms with Crippen LogP contribution in [0.4, 0.5) is 0 Å². The number of sulfonamides is 1. The average molecular weight is 423 g/mol. The summed E-state index contributed by atoms with van der Waals surface area (Å²) in [4.78, 5) is 22.4. The maximum atomic E-state index is 13.7. The van der Waals surface area contributed by atoms with Crippen molar-refractivity contribution in [2.24, 2.45) is 5.41 Å². The fraction of sp³-hybridized carbons (Fsp3) is 0.700. The Morgan fingerprint density at radius 2 is 2.03 bits per heavy atom. The molecule has 1 aromatic heterocycles. The molecule has 4 rings (SSSR count). The normalized spacial score (nSPS) is 30.1. The second kappa shape index (κ2) is 7.85. The fourth-order valence-electron chi connectivity index (χ4n) is 5.16. The number of hydrogen-bond acceptors (Lipinski definition) is 6. The molecule has 0 bridgehead atoms. The van der Waals surface area contributed by atoms with Crippen LogP contribution >= 0.6 is 0 Å². The molecule has 3 aliphatic rings. The van der Waals surface area contributed by atoms with Crippen molar-refractivity contribution in [1.82, 2.24) is 19.1 Å². The van der Waals surface area contributed by atoms with Crippen LogP contribution in [0.25, 0.3) is 0 Å². The van der Waals surface area contributed by atoms with Crippen LogP contribution in [0.1, 0.15) is 31.4 Å². The van der Waals surface area contributed by atoms with E-state index in [1.807, 2.05) is 23.1 Å². The van der Waals surface area contributed by atoms with Gasteiger partial charge in [-0.3, -0.25) is 9.69 Å². The van der Waals surface area contributed by atoms with Gasteiger partial charge in [0.2, 0.25) is 21.8 Å². The molecule has 3 aliphatic heterocycles. The number of nitrogens with zero attached hydrogens (tertiary/aromatic N) is 4. The number of aromatic nitrogens is 1. The summed E-state index contributed by atoms with van der Waals surface area (Å²) in [6.45, 7) is 3.47. The number of amides is 1. The summed E-state index contributed by atoms with van der Waals surface area (Å²) in [7, 11) is -0.0570. The van der Waals surface area contributed by atoms with Crippen molar-refractivity contribution in [1.29, 1.82) is 0 Å². The molecule has 4 heterocycles. The first-order valence-corrected chi connectivity index (χ1v) is 11.9. The SMILES string of the molecule is COc1cccc(CN2CC[C@H]3N(C)S(=O)(=O)CC[C@]3(C(=O)N3CCCC3)C2)n1. The summed E-state index contributed by atoms with van der Waals surface area (Å²) in [6, 6.07) is 5.42. The van der Waals surface area contributed by atoms with Gasteiger partial charge in [-0.05, 0) is 31.7 Å². The Bertz CT molecular complexity index is 871. The van der Waals surface area contributed by atoms with Crippen LogP contribution in [-0.4, -0.2) is 85.5 Å². The van der Waals surface area contributed by atoms with Gasteiger partial charge in [0.05, 0.1) is 24.0 Å². The second-order valence-electron chi connectivity index (χ2n) is 8.42. The molecule has 0 saturated carbocycles. The maximum absolute atomic E-state index is 13.7. The molecule has 29 heavy (non-hydrogen) atoms. The topological polar surface area (TPSA) is 83.0 Å². The van der Waals surface area contributed by atoms with E-state index in [0.717, 1.165) is 38.2 Å². The lowest BCUT2D eigenvalue weighted by Crippen LogP contribution is -2.67. The van der Waals surface area contributed by atoms with Gasteiger partial charge in [0.15, 0.2) is 0 Å². The van der Waals surface area contributed by atoms with Gasteiger partial charge >= 0.3 is 0 Å². The summed E-state index contributed by atoms with van der Waals surface area (Å²) < 4.78 is 31.8. The molecule has 8 nitrogen and oxygen atoms in total. The lowest BCUT2D eigenvalue weighted by molar-refractivity contribution is -0.150. The Kier molecular flexibility index (Phi) is 5.56. The Morgan fingerprint density at radius 3 is 2.76 bits per heavy atom. The quantitative estimate of drug-likeness (QED) is 0.718. The fourth-order valence-corrected chi connectivity index (χ4v) is 6.77. The van der Waals surface area contributed by atoms with Gasteiger partial charge in [0, 0.05) is 51.9 Å². The summed E-state index contributed by atoms with van der Waals surface area (Å²) in [5.74, 6) is 0.735. The smallest absolute Gasteiger partial charge is 0.231 e. The molecule has 1 amide bonds. The third-order valence-electron chi connectivity index (χ3n) is 6.74. The van der Waals surface area contributed by atoms with E-state index in [9.17, 15) is 13.2 Å². The standard InChI is InChI=1S/C20H30N4O4S/c1-22-17-8-12-23(14-16-6-5-7-18(21-16)28-2)15-20(17,9-13-29(22,26)27)19(25)24-10-3-4-11-24/h5-7,17H,3-4,8-15H2,1-2H3/t17-,20+/m1/s1. The van der Waals surface area contributed by atoms with Crippen LogP contribution in [0, 0.1) is 5.41 Å². The van der Waals surface area contributed by atoms with Gasteiger partial charge in [-0.1, -0.05) is 6.07 Å². The number of piperidine rings is 1. The predicted molar refractivity (Wildman–Crippen MR) is 109 cm³/mol. The van der Waals surface area contributed by atoms with E-state index in [4.69, 9.17) is 4.74 Å². The van der Waals surface area contributed by atoms with E-state index < -0.39 is 15.4 Å². The summed E-state index contributed by atoms with van der Waals surface area (Å²) in [6.07, 6.45) is 3.09. The first kappa shape index (κ1) is 20.6. The van der Waals surface area contributed by atoms with E-state index in [2.05, 4.69) is 9.88 Å². The van der Waals surface area contributed by atoms with E-state index in [1.54, 1.807) is 14.2 Å². The molecular weight excluding hydrogens is 392 g/mol. The number of rotatable bonds is 4. The minimum absolute atomic E-state index is 0.0326. The van der Waals surface area contributed by atoms with Gasteiger partial charge in [-0.2, -0.15) is 0 Å². The third-order valence-corrected chi connectivity index (χ3v) is 8.59. The Balaban J connectivity index is 1.61. The molecule has 3 saturated heterocycles. The van der Waals surface area contributed by atoms with Crippen LogP contribution in [0.3, 0.4) is 0 Å². The van der Waals surface area contributed by atoms with E-state index in [1.165, 1.54) is 4.31 Å². The third kappa shape index (κ3) is 3.75. The second-order valence-corrected chi connectivity index (χ2v) is 10.6. The number of hydrogen-bond donors (Lipinski definition) is 0. The minimum atomic E-state index is -3.30. The van der Waals surface area contributed by atoms with E-state index in [0.29, 0.717) is 31.8 Å². The molecule has 0 spiro atoms. The number of likely N-dealkylation sites (tertiary alicyclic amines) is 2. The lowest BCUT2D eigenvalue weighted by Gasteiger charge is -2.53. The Hall–Kier alpha value is -1.71. The zero-order valence-electron chi connectivity index (χ0n) is 17.2. The van der Waals surface area contributed by atoms with E-state index in [-0.39, 0.29) is 17.7 Å². The molecule has 2 atom stereocenters. The molecular formula is C20H30N4O4S. The maximum Gasteiger partial charge on any atom is 0.231 e. The molecule has 0 unspecified atom stereocenters. The first-order valence-electron chi connectivity index (χ1n) is 10.3. The number of methoxy groups -OCH3 is 1. The van der Waals surface area contributed by atoms with Crippen LogP contribution in [0.5, 0.6) is 5.88 Å². The Morgan fingerprint density at radius 1 is 1.28 bits per heavy atom. The number of pyridine rings is 1. The summed E-state index contributed by atoms with van der Waals surface area (Å²) >= 11 is 0. The van der Waals surface area contributed by atoms with Crippen molar-refractivity contribution in [3.05, 3.63) is 23.9 Å². The highest BCUT2D eigenvalue weighted by molar-refractivity contribution is 7.89. The van der Waals surface area contributed by atoms with Crippen molar-refractivity contribution < 1.29 is 17.9 Å². The molecule has 0 aromatic carbocycles. The summed E-state index contributed by atoms with van der Waals surface area (Å²) in [5, 5.41) is 0. The average Bonchev–Trinajstić information content (AvgIpc) is 3.25. The molecule has 3 fully saturated rings. The molecule has 1 aromatic rings. The molecule has 0 radical (unpaired) electrons. The van der Waals surface area contributed by atoms with Crippen molar-refractivity contribution in [2.45, 2.75) is 38.3 Å². The lowest BCUT2D eigenvalue weighted by atomic mass is 9.71. The van der Waals surface area contributed by atoms with Crippen LogP contribution in [-0.2, 0) is 21.4 Å². The number of carbonyl (C=O) groups excluding carboxylic acids is 1. The zero-order chi connectivity index (χ0) is 20.6. The summed E-state index contributed by atoms with van der Waals surface area (Å²) in [5.41, 5.74) is 0.213. The van der Waals surface area contributed by atoms with Crippen LogP contribution < -0.4 is 4.74 Å². The van der Waals surface area contributed by atoms with Crippen molar-refractivity contribution in [3.8, 4) is 5.88 Å². The zero-order valence-corrected chi connectivity index (χ0v) is 18.0. The minimum Gasteiger partial charge on any atom is -0.481 e. The number of ether oxygens (including phenoxy) is 1. The monoisotopic (exact) mass is 422 g/mol. The van der Waals surface area contributed by atoms with E-state index >= 15 is 0 Å². The van der Waals surface area contributed by atoms with Gasteiger partial charge in [-0.25, -0.2) is 17.7 Å². The Labute approximate surface area is 172 Å². The van der Waals surface area contributed by atoms with Gasteiger partial charge in [0.25, 0.3) is 0 Å². The largest absolute Gasteiger partial charge is 0.481 e. The first-order chi connectivity index (χ1) is 13.9. The number of fused-ring (bicyclic) bond motifs is 1. The molecule has 160 valence electrons. The van der Waals surface area contributed by atoms with Crippen molar-refractivity contribution in [2.75, 3.05) is 46.1 Å². The molecule has 9 heteroatoms. The van der Waals surface area contributed by atoms with Crippen LogP contribution in [0.2, 0.25) is 0 Å². The van der Waals surface area contributed by atoms with Crippen molar-refractivity contribution in [3.63, 3.8) is 0 Å². The highest BCUT2D eigenvalue weighted by Gasteiger charge is 2.57.